The number of benzene rings is 1. The topological polar surface area (TPSA) is 57.5 Å². The Hall–Kier alpha value is -1.03. The second-order valence-electron chi connectivity index (χ2n) is 3.14. The molecule has 0 fully saturated rings. The van der Waals surface area contributed by atoms with Gasteiger partial charge in [-0.2, -0.15) is 0 Å². The average molecular weight is 259 g/mol. The molecule has 1 rings (SSSR count). The lowest BCUT2D eigenvalue weighted by Gasteiger charge is -2.12. The molecule has 0 aliphatic carbocycles. The van der Waals surface area contributed by atoms with Gasteiger partial charge in [0.05, 0.1) is 4.47 Å². The van der Waals surface area contributed by atoms with Crippen LogP contribution in [-0.2, 0) is 4.79 Å². The first-order valence-electron chi connectivity index (χ1n) is 4.22. The van der Waals surface area contributed by atoms with Gasteiger partial charge in [-0.3, -0.25) is 0 Å². The summed E-state index contributed by atoms with van der Waals surface area (Å²) in [6, 6.07) is 3.33. The highest BCUT2D eigenvalue weighted by molar-refractivity contribution is 9.10. The second kappa shape index (κ2) is 4.46. The Morgan fingerprint density at radius 1 is 1.43 bits per heavy atom. The van der Waals surface area contributed by atoms with Gasteiger partial charge in [0.1, 0.15) is 6.29 Å². The number of halogens is 1. The first kappa shape index (κ1) is 11.0. The third-order valence-corrected chi connectivity index (χ3v) is 2.75. The Labute approximate surface area is 90.5 Å². The Bertz CT molecular complexity index is 349. The van der Waals surface area contributed by atoms with Crippen LogP contribution in [0.4, 0.5) is 0 Å². The number of hydrogen-bond donors (Lipinski definition) is 2. The minimum atomic E-state index is -0.180. The molecular weight excluding hydrogens is 248 g/mol. The minimum Gasteiger partial charge on any atom is -0.504 e. The molecule has 1 aromatic rings. The number of aldehydes is 1. The predicted octanol–water partition coefficient (Wildman–Crippen LogP) is 2.55. The second-order valence-corrected chi connectivity index (χ2v) is 3.99. The molecule has 1 unspecified atom stereocenters. The van der Waals surface area contributed by atoms with Crippen LogP contribution in [0, 0.1) is 0 Å². The highest BCUT2D eigenvalue weighted by atomic mass is 79.9. The lowest BCUT2D eigenvalue weighted by Crippen LogP contribution is -1.95. The predicted molar refractivity (Wildman–Crippen MR) is 56.6 cm³/mol. The largest absolute Gasteiger partial charge is 0.504 e. The highest BCUT2D eigenvalue weighted by Crippen LogP contribution is 2.39. The van der Waals surface area contributed by atoms with Crippen molar-refractivity contribution in [3.63, 3.8) is 0 Å². The molecule has 0 radical (unpaired) electrons. The fourth-order valence-electron chi connectivity index (χ4n) is 1.24. The molecule has 14 heavy (non-hydrogen) atoms. The summed E-state index contributed by atoms with van der Waals surface area (Å²) < 4.78 is 0.442. The van der Waals surface area contributed by atoms with Crippen LogP contribution >= 0.6 is 15.9 Å². The van der Waals surface area contributed by atoms with E-state index in [-0.39, 0.29) is 17.4 Å². The van der Waals surface area contributed by atoms with E-state index in [4.69, 9.17) is 0 Å². The molecule has 0 bridgehead atoms. The SMILES string of the molecule is CC(CC=O)c1ccc(Br)c(O)c1O. The number of hydrogen-bond acceptors (Lipinski definition) is 3. The van der Waals surface area contributed by atoms with Gasteiger partial charge in [-0.1, -0.05) is 13.0 Å². The molecule has 0 spiro atoms. The van der Waals surface area contributed by atoms with E-state index in [1.54, 1.807) is 12.1 Å². The van der Waals surface area contributed by atoms with Gasteiger partial charge in [-0.25, -0.2) is 0 Å². The standard InChI is InChI=1S/C10H11BrO3/c1-6(4-5-12)7-2-3-8(11)10(14)9(7)13/h2-3,5-6,13-14H,4H2,1H3. The van der Waals surface area contributed by atoms with Crippen molar-refractivity contribution in [1.29, 1.82) is 0 Å². The summed E-state index contributed by atoms with van der Waals surface area (Å²) in [5, 5.41) is 19.0. The number of carbonyl (C=O) groups is 1. The van der Waals surface area contributed by atoms with Gasteiger partial charge < -0.3 is 15.0 Å². The molecule has 2 N–H and O–H groups in total. The lowest BCUT2D eigenvalue weighted by molar-refractivity contribution is -0.108. The number of rotatable bonds is 3. The monoisotopic (exact) mass is 258 g/mol. The van der Waals surface area contributed by atoms with E-state index in [1.807, 2.05) is 6.92 Å². The van der Waals surface area contributed by atoms with E-state index in [9.17, 15) is 15.0 Å². The van der Waals surface area contributed by atoms with Gasteiger partial charge in [0.25, 0.3) is 0 Å². The summed E-state index contributed by atoms with van der Waals surface area (Å²) in [5.74, 6) is -0.430. The van der Waals surface area contributed by atoms with Crippen LogP contribution in [0.15, 0.2) is 16.6 Å². The molecular formula is C10H11BrO3. The van der Waals surface area contributed by atoms with E-state index in [0.717, 1.165) is 6.29 Å². The van der Waals surface area contributed by atoms with Crippen molar-refractivity contribution in [1.82, 2.24) is 0 Å². The highest BCUT2D eigenvalue weighted by Gasteiger charge is 2.14. The average Bonchev–Trinajstić information content (AvgIpc) is 2.15. The van der Waals surface area contributed by atoms with Crippen molar-refractivity contribution in [2.24, 2.45) is 0 Å². The number of phenolic OH excluding ortho intramolecular Hbond substituents is 2. The molecule has 0 heterocycles. The van der Waals surface area contributed by atoms with E-state index >= 15 is 0 Å². The van der Waals surface area contributed by atoms with Gasteiger partial charge in [-0.05, 0) is 27.9 Å². The molecule has 0 aromatic heterocycles. The third kappa shape index (κ3) is 2.07. The van der Waals surface area contributed by atoms with Crippen molar-refractivity contribution < 1.29 is 15.0 Å². The van der Waals surface area contributed by atoms with E-state index in [0.29, 0.717) is 16.5 Å². The molecule has 0 aliphatic heterocycles. The minimum absolute atomic E-state index is 0.0912. The molecule has 0 amide bonds. The smallest absolute Gasteiger partial charge is 0.172 e. The van der Waals surface area contributed by atoms with Crippen LogP contribution in [0.5, 0.6) is 11.5 Å². The first-order chi connectivity index (χ1) is 6.57. The summed E-state index contributed by atoms with van der Waals surface area (Å²) in [4.78, 5) is 10.3. The maximum atomic E-state index is 10.3. The Balaban J connectivity index is 3.10. The third-order valence-electron chi connectivity index (χ3n) is 2.11. The maximum Gasteiger partial charge on any atom is 0.172 e. The van der Waals surface area contributed by atoms with Gasteiger partial charge in [0, 0.05) is 12.0 Å². The van der Waals surface area contributed by atoms with E-state index in [1.165, 1.54) is 0 Å². The normalized spacial score (nSPS) is 12.4. The van der Waals surface area contributed by atoms with Gasteiger partial charge in [0.2, 0.25) is 0 Å². The quantitative estimate of drug-likeness (QED) is 0.647. The summed E-state index contributed by atoms with van der Waals surface area (Å²) in [7, 11) is 0. The summed E-state index contributed by atoms with van der Waals surface area (Å²) in [6.45, 7) is 1.82. The fraction of sp³-hybridized carbons (Fsp3) is 0.300. The van der Waals surface area contributed by atoms with Gasteiger partial charge in [0.15, 0.2) is 11.5 Å². The Kier molecular flexibility index (Phi) is 3.52. The molecule has 76 valence electrons. The van der Waals surface area contributed by atoms with Crippen molar-refractivity contribution >= 4 is 22.2 Å². The lowest BCUT2D eigenvalue weighted by atomic mass is 9.97. The first-order valence-corrected chi connectivity index (χ1v) is 5.01. The van der Waals surface area contributed by atoms with Crippen molar-refractivity contribution in [2.45, 2.75) is 19.3 Å². The molecule has 0 aliphatic rings. The molecule has 0 saturated carbocycles. The van der Waals surface area contributed by atoms with Crippen LogP contribution in [0.2, 0.25) is 0 Å². The van der Waals surface area contributed by atoms with Crippen LogP contribution in [0.25, 0.3) is 0 Å². The summed E-state index contributed by atoms with van der Waals surface area (Å²) in [5.41, 5.74) is 0.581. The van der Waals surface area contributed by atoms with Crippen LogP contribution in [-0.4, -0.2) is 16.5 Å². The van der Waals surface area contributed by atoms with Gasteiger partial charge >= 0.3 is 0 Å². The molecule has 3 nitrogen and oxygen atoms in total. The maximum absolute atomic E-state index is 10.3. The zero-order valence-electron chi connectivity index (χ0n) is 7.70. The zero-order valence-corrected chi connectivity index (χ0v) is 9.28. The fourth-order valence-corrected chi connectivity index (χ4v) is 1.56. The van der Waals surface area contributed by atoms with Crippen molar-refractivity contribution in [3.05, 3.63) is 22.2 Å². The summed E-state index contributed by atoms with van der Waals surface area (Å²) >= 11 is 3.09. The molecule has 1 atom stereocenters. The van der Waals surface area contributed by atoms with Crippen molar-refractivity contribution in [3.8, 4) is 11.5 Å². The number of phenols is 2. The van der Waals surface area contributed by atoms with Crippen LogP contribution in [0.1, 0.15) is 24.8 Å². The van der Waals surface area contributed by atoms with Crippen molar-refractivity contribution in [2.75, 3.05) is 0 Å². The van der Waals surface area contributed by atoms with Crippen LogP contribution < -0.4 is 0 Å². The van der Waals surface area contributed by atoms with Gasteiger partial charge in [-0.15, -0.1) is 0 Å². The number of aromatic hydroxyl groups is 2. The number of carbonyl (C=O) groups excluding carboxylic acids is 1. The van der Waals surface area contributed by atoms with Crippen LogP contribution in [0.3, 0.4) is 0 Å². The zero-order chi connectivity index (χ0) is 10.7. The summed E-state index contributed by atoms with van der Waals surface area (Å²) in [6.07, 6.45) is 1.12. The van der Waals surface area contributed by atoms with E-state index in [2.05, 4.69) is 15.9 Å². The molecule has 1 aromatic carbocycles. The molecule has 0 saturated heterocycles. The Morgan fingerprint density at radius 2 is 2.07 bits per heavy atom. The van der Waals surface area contributed by atoms with E-state index < -0.39 is 0 Å². The molecule has 4 heteroatoms. The Morgan fingerprint density at radius 3 is 2.64 bits per heavy atom.